The highest BCUT2D eigenvalue weighted by Crippen LogP contribution is 2.37. The maximum Gasteiger partial charge on any atom is 0.311 e. The van der Waals surface area contributed by atoms with Crippen LogP contribution < -0.4 is 0 Å². The molecule has 1 aliphatic rings. The number of aliphatic hydroxyl groups excluding tert-OH is 1. The van der Waals surface area contributed by atoms with Gasteiger partial charge in [0.25, 0.3) is 0 Å². The van der Waals surface area contributed by atoms with Gasteiger partial charge in [-0.1, -0.05) is 18.2 Å². The average Bonchev–Trinajstić information content (AvgIpc) is 2.45. The Labute approximate surface area is 119 Å². The van der Waals surface area contributed by atoms with Gasteiger partial charge < -0.3 is 9.84 Å². The van der Waals surface area contributed by atoms with Gasteiger partial charge in [-0.2, -0.15) is 5.26 Å². The number of aryl methyl sites for hydroxylation is 2. The molecule has 0 aliphatic heterocycles. The van der Waals surface area contributed by atoms with Crippen LogP contribution in [0.3, 0.4) is 0 Å². The molecule has 2 unspecified atom stereocenters. The highest BCUT2D eigenvalue weighted by Gasteiger charge is 2.35. The fraction of sp³-hybridized carbons (Fsp3) is 0.500. The van der Waals surface area contributed by atoms with Crippen molar-refractivity contribution < 1.29 is 14.6 Å². The standard InChI is InChI=1S/C16H19NO3/c1-2-20-16(19)13-9-8-12-6-3-5-11(7-4-10-17)14(12)15(13)18/h3,5-6,13,15,18H,2,4,7-9H2,1H3. The van der Waals surface area contributed by atoms with Gasteiger partial charge in [0.2, 0.25) is 0 Å². The molecule has 0 fully saturated rings. The Morgan fingerprint density at radius 3 is 3.05 bits per heavy atom. The van der Waals surface area contributed by atoms with Crippen LogP contribution in [0.4, 0.5) is 0 Å². The van der Waals surface area contributed by atoms with Gasteiger partial charge in [0.05, 0.1) is 24.7 Å². The number of nitrogens with zero attached hydrogens (tertiary/aromatic N) is 1. The summed E-state index contributed by atoms with van der Waals surface area (Å²) < 4.78 is 5.04. The summed E-state index contributed by atoms with van der Waals surface area (Å²) in [6.07, 6.45) is 1.55. The fourth-order valence-electron chi connectivity index (χ4n) is 2.84. The molecule has 20 heavy (non-hydrogen) atoms. The van der Waals surface area contributed by atoms with Gasteiger partial charge in [-0.3, -0.25) is 4.79 Å². The van der Waals surface area contributed by atoms with Crippen molar-refractivity contribution in [3.63, 3.8) is 0 Å². The lowest BCUT2D eigenvalue weighted by molar-refractivity contribution is -0.153. The summed E-state index contributed by atoms with van der Waals surface area (Å²) in [7, 11) is 0. The third kappa shape index (κ3) is 2.83. The second kappa shape index (κ2) is 6.53. The van der Waals surface area contributed by atoms with Crippen LogP contribution in [0.2, 0.25) is 0 Å². The molecule has 1 aromatic carbocycles. The Morgan fingerprint density at radius 2 is 2.35 bits per heavy atom. The van der Waals surface area contributed by atoms with E-state index < -0.39 is 12.0 Å². The average molecular weight is 273 g/mol. The predicted molar refractivity (Wildman–Crippen MR) is 73.8 cm³/mol. The molecular formula is C16H19NO3. The van der Waals surface area contributed by atoms with Crippen molar-refractivity contribution in [3.05, 3.63) is 34.9 Å². The van der Waals surface area contributed by atoms with Crippen molar-refractivity contribution in [2.75, 3.05) is 6.61 Å². The lowest BCUT2D eigenvalue weighted by atomic mass is 9.78. The van der Waals surface area contributed by atoms with Crippen LogP contribution in [0.15, 0.2) is 18.2 Å². The topological polar surface area (TPSA) is 70.3 Å². The van der Waals surface area contributed by atoms with Crippen molar-refractivity contribution >= 4 is 5.97 Å². The van der Waals surface area contributed by atoms with E-state index in [4.69, 9.17) is 10.00 Å². The number of ether oxygens (including phenoxy) is 1. The number of fused-ring (bicyclic) bond motifs is 1. The van der Waals surface area contributed by atoms with E-state index in [1.165, 1.54) is 0 Å². The largest absolute Gasteiger partial charge is 0.466 e. The Bertz CT molecular complexity index is 533. The number of nitriles is 1. The molecule has 1 N–H and O–H groups in total. The van der Waals surface area contributed by atoms with Crippen molar-refractivity contribution in [3.8, 4) is 6.07 Å². The Kier molecular flexibility index (Phi) is 4.75. The van der Waals surface area contributed by atoms with Crippen molar-refractivity contribution in [1.29, 1.82) is 5.26 Å². The van der Waals surface area contributed by atoms with Crippen molar-refractivity contribution in [2.24, 2.45) is 5.92 Å². The second-order valence-electron chi connectivity index (χ2n) is 4.99. The van der Waals surface area contributed by atoms with Gasteiger partial charge in [0.15, 0.2) is 0 Å². The third-order valence-electron chi connectivity index (χ3n) is 3.78. The minimum Gasteiger partial charge on any atom is -0.466 e. The van der Waals surface area contributed by atoms with Crippen molar-refractivity contribution in [2.45, 2.75) is 38.7 Å². The van der Waals surface area contributed by atoms with Crippen LogP contribution in [0.1, 0.15) is 42.6 Å². The molecule has 4 nitrogen and oxygen atoms in total. The van der Waals surface area contributed by atoms with Crippen molar-refractivity contribution in [1.82, 2.24) is 0 Å². The number of carbonyl (C=O) groups is 1. The Morgan fingerprint density at radius 1 is 1.55 bits per heavy atom. The van der Waals surface area contributed by atoms with E-state index in [0.717, 1.165) is 23.1 Å². The summed E-state index contributed by atoms with van der Waals surface area (Å²) in [5.74, 6) is -0.827. The molecular weight excluding hydrogens is 254 g/mol. The summed E-state index contributed by atoms with van der Waals surface area (Å²) in [6.45, 7) is 2.09. The molecule has 106 valence electrons. The van der Waals surface area contributed by atoms with Gasteiger partial charge in [0, 0.05) is 6.42 Å². The van der Waals surface area contributed by atoms with E-state index in [0.29, 0.717) is 25.9 Å². The second-order valence-corrected chi connectivity index (χ2v) is 4.99. The van der Waals surface area contributed by atoms with Crippen LogP contribution in [0.5, 0.6) is 0 Å². The molecule has 2 atom stereocenters. The van der Waals surface area contributed by atoms with Gasteiger partial charge in [0.1, 0.15) is 0 Å². The smallest absolute Gasteiger partial charge is 0.311 e. The first kappa shape index (κ1) is 14.5. The molecule has 0 spiro atoms. The Balaban J connectivity index is 2.29. The van der Waals surface area contributed by atoms with Crippen LogP contribution in [0.25, 0.3) is 0 Å². The summed E-state index contributed by atoms with van der Waals surface area (Å²) in [5.41, 5.74) is 2.87. The first-order valence-electron chi connectivity index (χ1n) is 7.01. The molecule has 0 heterocycles. The van der Waals surface area contributed by atoms with Crippen LogP contribution >= 0.6 is 0 Å². The minimum atomic E-state index is -0.826. The number of benzene rings is 1. The highest BCUT2D eigenvalue weighted by atomic mass is 16.5. The molecule has 4 heteroatoms. The van der Waals surface area contributed by atoms with E-state index in [1.807, 2.05) is 18.2 Å². The molecule has 0 saturated heterocycles. The number of hydrogen-bond donors (Lipinski definition) is 1. The molecule has 0 radical (unpaired) electrons. The fourth-order valence-corrected chi connectivity index (χ4v) is 2.84. The minimum absolute atomic E-state index is 0.324. The molecule has 1 aliphatic carbocycles. The quantitative estimate of drug-likeness (QED) is 0.854. The molecule has 2 rings (SSSR count). The summed E-state index contributed by atoms with van der Waals surface area (Å²) in [5, 5.41) is 19.2. The third-order valence-corrected chi connectivity index (χ3v) is 3.78. The van der Waals surface area contributed by atoms with E-state index in [-0.39, 0.29) is 5.97 Å². The monoisotopic (exact) mass is 273 g/mol. The number of aliphatic hydroxyl groups is 1. The summed E-state index contributed by atoms with van der Waals surface area (Å²) in [4.78, 5) is 11.9. The Hall–Kier alpha value is -1.86. The van der Waals surface area contributed by atoms with Crippen LogP contribution in [-0.4, -0.2) is 17.7 Å². The maximum absolute atomic E-state index is 11.9. The molecule has 1 aromatic rings. The van der Waals surface area contributed by atoms with E-state index in [1.54, 1.807) is 6.92 Å². The normalized spacial score (nSPS) is 20.9. The summed E-state index contributed by atoms with van der Waals surface area (Å²) >= 11 is 0. The number of rotatable bonds is 4. The zero-order valence-electron chi connectivity index (χ0n) is 11.6. The highest BCUT2D eigenvalue weighted by molar-refractivity contribution is 5.74. The maximum atomic E-state index is 11.9. The van der Waals surface area contributed by atoms with E-state index in [2.05, 4.69) is 6.07 Å². The lowest BCUT2D eigenvalue weighted by Gasteiger charge is -2.30. The first-order chi connectivity index (χ1) is 9.69. The van der Waals surface area contributed by atoms with Gasteiger partial charge in [-0.05, 0) is 42.9 Å². The first-order valence-corrected chi connectivity index (χ1v) is 7.01. The zero-order chi connectivity index (χ0) is 14.5. The SMILES string of the molecule is CCOC(=O)C1CCc2cccc(CCC#N)c2C1O. The molecule has 0 bridgehead atoms. The predicted octanol–water partition coefficient (Wildman–Crippen LogP) is 2.30. The van der Waals surface area contributed by atoms with Crippen LogP contribution in [-0.2, 0) is 22.4 Å². The van der Waals surface area contributed by atoms with E-state index in [9.17, 15) is 9.90 Å². The number of hydrogen-bond acceptors (Lipinski definition) is 4. The van der Waals surface area contributed by atoms with Crippen LogP contribution in [0, 0.1) is 17.2 Å². The zero-order valence-corrected chi connectivity index (χ0v) is 11.6. The molecule has 0 saturated carbocycles. The lowest BCUT2D eigenvalue weighted by Crippen LogP contribution is -2.30. The molecule has 0 amide bonds. The molecule has 0 aromatic heterocycles. The van der Waals surface area contributed by atoms with Gasteiger partial charge >= 0.3 is 5.97 Å². The number of esters is 1. The number of carbonyl (C=O) groups excluding carboxylic acids is 1. The summed E-state index contributed by atoms with van der Waals surface area (Å²) in [6, 6.07) is 7.97. The van der Waals surface area contributed by atoms with Gasteiger partial charge in [-0.15, -0.1) is 0 Å². The van der Waals surface area contributed by atoms with E-state index >= 15 is 0 Å². The van der Waals surface area contributed by atoms with Gasteiger partial charge in [-0.25, -0.2) is 0 Å².